The number of carbonyl (C=O) groups is 1. The van der Waals surface area contributed by atoms with Crippen LogP contribution in [0.3, 0.4) is 0 Å². The van der Waals surface area contributed by atoms with Gasteiger partial charge in [0.05, 0.1) is 5.69 Å². The van der Waals surface area contributed by atoms with Gasteiger partial charge in [0.1, 0.15) is 11.6 Å². The summed E-state index contributed by atoms with van der Waals surface area (Å²) in [5, 5.41) is 7.07. The molecule has 1 N–H and O–H groups in total. The summed E-state index contributed by atoms with van der Waals surface area (Å²) in [4.78, 5) is 26.3. The number of nitrogens with zero attached hydrogens (tertiary/aromatic N) is 4. The highest BCUT2D eigenvalue weighted by Crippen LogP contribution is 2.37. The number of hydrogen-bond donors (Lipinski definition) is 1. The third-order valence-corrected chi connectivity index (χ3v) is 5.16. The minimum atomic E-state index is -0.447. The van der Waals surface area contributed by atoms with Gasteiger partial charge in [-0.25, -0.2) is 18.7 Å². The highest BCUT2D eigenvalue weighted by Gasteiger charge is 2.34. The first-order chi connectivity index (χ1) is 12.5. The summed E-state index contributed by atoms with van der Waals surface area (Å²) >= 11 is 0. The standard InChI is InChI=1S/C18H22FN5O2/c1-22-18(26)24(13-6-7-13)16(21-22)12-8-10-23(11-9-12)17(25)20-15-5-3-2-4-14(15)19/h2-5,12-13H,6-11H2,1H3,(H,20,25). The predicted molar refractivity (Wildman–Crippen MR) is 94.7 cm³/mol. The van der Waals surface area contributed by atoms with Crippen molar-refractivity contribution >= 4 is 11.7 Å². The van der Waals surface area contributed by atoms with E-state index >= 15 is 0 Å². The summed E-state index contributed by atoms with van der Waals surface area (Å²) in [6.07, 6.45) is 3.55. The molecule has 1 aliphatic carbocycles. The van der Waals surface area contributed by atoms with Gasteiger partial charge in [0, 0.05) is 32.1 Å². The fourth-order valence-corrected chi connectivity index (χ4v) is 3.55. The number of aromatic nitrogens is 3. The molecule has 2 aliphatic rings. The van der Waals surface area contributed by atoms with Crippen molar-refractivity contribution in [2.45, 2.75) is 37.6 Å². The monoisotopic (exact) mass is 359 g/mol. The number of carbonyl (C=O) groups excluding carboxylic acids is 1. The number of rotatable bonds is 3. The largest absolute Gasteiger partial charge is 0.345 e. The average molecular weight is 359 g/mol. The van der Waals surface area contributed by atoms with Crippen LogP contribution in [-0.4, -0.2) is 38.4 Å². The third-order valence-electron chi connectivity index (χ3n) is 5.16. The van der Waals surface area contributed by atoms with Crippen molar-refractivity contribution in [3.05, 3.63) is 46.4 Å². The van der Waals surface area contributed by atoms with Crippen molar-refractivity contribution in [3.8, 4) is 0 Å². The Balaban J connectivity index is 1.42. The number of para-hydroxylation sites is 1. The van der Waals surface area contributed by atoms with E-state index in [1.54, 1.807) is 30.1 Å². The average Bonchev–Trinajstić information content (AvgIpc) is 3.43. The molecule has 2 heterocycles. The predicted octanol–water partition coefficient (Wildman–Crippen LogP) is 2.47. The molecule has 7 nitrogen and oxygen atoms in total. The summed E-state index contributed by atoms with van der Waals surface area (Å²) in [6.45, 7) is 1.11. The van der Waals surface area contributed by atoms with Crippen molar-refractivity contribution in [1.82, 2.24) is 19.2 Å². The Morgan fingerprint density at radius 1 is 1.19 bits per heavy atom. The third kappa shape index (κ3) is 3.11. The number of anilines is 1. The minimum absolute atomic E-state index is 0.0535. The molecule has 0 unspecified atom stereocenters. The first-order valence-electron chi connectivity index (χ1n) is 9.00. The summed E-state index contributed by atoms with van der Waals surface area (Å²) in [7, 11) is 1.68. The molecule has 26 heavy (non-hydrogen) atoms. The van der Waals surface area contributed by atoms with Crippen LogP contribution in [0.2, 0.25) is 0 Å². The van der Waals surface area contributed by atoms with E-state index in [9.17, 15) is 14.0 Å². The van der Waals surface area contributed by atoms with Crippen LogP contribution in [0, 0.1) is 5.82 Å². The van der Waals surface area contributed by atoms with Crippen molar-refractivity contribution in [2.24, 2.45) is 7.05 Å². The zero-order valence-corrected chi connectivity index (χ0v) is 14.7. The van der Waals surface area contributed by atoms with E-state index in [1.165, 1.54) is 10.7 Å². The van der Waals surface area contributed by atoms with Gasteiger partial charge < -0.3 is 10.2 Å². The van der Waals surface area contributed by atoms with Gasteiger partial charge in [-0.05, 0) is 37.8 Å². The van der Waals surface area contributed by atoms with Gasteiger partial charge >= 0.3 is 11.7 Å². The van der Waals surface area contributed by atoms with Crippen LogP contribution in [0.15, 0.2) is 29.1 Å². The van der Waals surface area contributed by atoms with Crippen molar-refractivity contribution in [1.29, 1.82) is 0 Å². The van der Waals surface area contributed by atoms with Crippen LogP contribution < -0.4 is 11.0 Å². The maximum absolute atomic E-state index is 13.7. The highest BCUT2D eigenvalue weighted by molar-refractivity contribution is 5.89. The van der Waals surface area contributed by atoms with Gasteiger partial charge in [0.25, 0.3) is 0 Å². The van der Waals surface area contributed by atoms with Gasteiger partial charge in [-0.15, -0.1) is 0 Å². The molecular weight excluding hydrogens is 337 g/mol. The maximum atomic E-state index is 13.7. The Kier molecular flexibility index (Phi) is 4.26. The number of likely N-dealkylation sites (tertiary alicyclic amines) is 1. The second kappa shape index (κ2) is 6.59. The fourth-order valence-electron chi connectivity index (χ4n) is 3.55. The molecule has 1 aromatic heterocycles. The Hall–Kier alpha value is -2.64. The summed E-state index contributed by atoms with van der Waals surface area (Å²) in [5.41, 5.74) is 0.133. The lowest BCUT2D eigenvalue weighted by atomic mass is 9.96. The zero-order valence-electron chi connectivity index (χ0n) is 14.7. The van der Waals surface area contributed by atoms with E-state index < -0.39 is 5.82 Å². The Morgan fingerprint density at radius 2 is 1.88 bits per heavy atom. The van der Waals surface area contributed by atoms with Crippen LogP contribution in [-0.2, 0) is 7.05 Å². The van der Waals surface area contributed by atoms with Crippen LogP contribution in [0.4, 0.5) is 14.9 Å². The summed E-state index contributed by atoms with van der Waals surface area (Å²) < 4.78 is 16.9. The molecule has 8 heteroatoms. The lowest BCUT2D eigenvalue weighted by Crippen LogP contribution is -2.41. The number of urea groups is 1. The van der Waals surface area contributed by atoms with Crippen molar-refractivity contribution in [2.75, 3.05) is 18.4 Å². The molecule has 1 aromatic carbocycles. The van der Waals surface area contributed by atoms with Crippen molar-refractivity contribution < 1.29 is 9.18 Å². The van der Waals surface area contributed by atoms with E-state index in [-0.39, 0.29) is 29.4 Å². The number of halogens is 1. The molecule has 0 atom stereocenters. The molecule has 4 rings (SSSR count). The molecule has 2 aromatic rings. The summed E-state index contributed by atoms with van der Waals surface area (Å²) in [5.74, 6) is 0.564. The number of nitrogens with one attached hydrogen (secondary N) is 1. The molecule has 0 bridgehead atoms. The molecule has 2 fully saturated rings. The SMILES string of the molecule is Cn1nc(C2CCN(C(=O)Nc3ccccc3F)CC2)n(C2CC2)c1=O. The van der Waals surface area contributed by atoms with Gasteiger partial charge in [0.15, 0.2) is 0 Å². The Bertz CT molecular complexity index is 878. The summed E-state index contributed by atoms with van der Waals surface area (Å²) in [6, 6.07) is 6.12. The lowest BCUT2D eigenvalue weighted by Gasteiger charge is -2.31. The van der Waals surface area contributed by atoms with Crippen LogP contribution in [0.5, 0.6) is 0 Å². The lowest BCUT2D eigenvalue weighted by molar-refractivity contribution is 0.192. The Labute approximate surface area is 150 Å². The second-order valence-electron chi connectivity index (χ2n) is 7.04. The zero-order chi connectivity index (χ0) is 18.3. The smallest absolute Gasteiger partial charge is 0.324 e. The highest BCUT2D eigenvalue weighted by atomic mass is 19.1. The van der Waals surface area contributed by atoms with Crippen molar-refractivity contribution in [3.63, 3.8) is 0 Å². The van der Waals surface area contributed by atoms with Crippen LogP contribution >= 0.6 is 0 Å². The van der Waals surface area contributed by atoms with E-state index in [2.05, 4.69) is 10.4 Å². The Morgan fingerprint density at radius 3 is 2.54 bits per heavy atom. The molecule has 1 saturated carbocycles. The van der Waals surface area contributed by atoms with E-state index in [0.717, 1.165) is 31.5 Å². The number of benzene rings is 1. The molecular formula is C18H22FN5O2. The van der Waals surface area contributed by atoms with E-state index in [4.69, 9.17) is 0 Å². The minimum Gasteiger partial charge on any atom is -0.324 e. The quantitative estimate of drug-likeness (QED) is 0.915. The van der Waals surface area contributed by atoms with Crippen LogP contribution in [0.1, 0.15) is 43.5 Å². The van der Waals surface area contributed by atoms with E-state index in [1.807, 2.05) is 4.57 Å². The van der Waals surface area contributed by atoms with E-state index in [0.29, 0.717) is 13.1 Å². The number of hydrogen-bond acceptors (Lipinski definition) is 3. The number of piperidine rings is 1. The fraction of sp³-hybridized carbons (Fsp3) is 0.500. The first kappa shape index (κ1) is 16.8. The topological polar surface area (TPSA) is 72.2 Å². The molecule has 1 saturated heterocycles. The molecule has 138 valence electrons. The van der Waals surface area contributed by atoms with Gasteiger partial charge in [-0.2, -0.15) is 5.10 Å². The number of aryl methyl sites for hydroxylation is 1. The molecule has 0 radical (unpaired) electrons. The number of amides is 2. The first-order valence-corrected chi connectivity index (χ1v) is 9.00. The molecule has 1 aliphatic heterocycles. The van der Waals surface area contributed by atoms with Crippen LogP contribution in [0.25, 0.3) is 0 Å². The van der Waals surface area contributed by atoms with Gasteiger partial charge in [-0.3, -0.25) is 4.57 Å². The maximum Gasteiger partial charge on any atom is 0.345 e. The molecule has 0 spiro atoms. The van der Waals surface area contributed by atoms with Gasteiger partial charge in [-0.1, -0.05) is 12.1 Å². The molecule has 2 amide bonds. The second-order valence-corrected chi connectivity index (χ2v) is 7.04. The normalized spacial score (nSPS) is 18.2. The van der Waals surface area contributed by atoms with Gasteiger partial charge in [0.2, 0.25) is 0 Å².